The van der Waals surface area contributed by atoms with E-state index in [4.69, 9.17) is 4.74 Å². The van der Waals surface area contributed by atoms with Crippen molar-refractivity contribution in [2.75, 3.05) is 26.5 Å². The van der Waals surface area contributed by atoms with Gasteiger partial charge in [-0.15, -0.1) is 0 Å². The Labute approximate surface area is 166 Å². The Morgan fingerprint density at radius 1 is 1.14 bits per heavy atom. The number of likely N-dealkylation sites (N-methyl/N-ethyl adjacent to an activating group) is 1. The number of aliphatic hydroxyl groups excluding tert-OH is 1. The summed E-state index contributed by atoms with van der Waals surface area (Å²) in [5.41, 5.74) is 0. The molecule has 0 aliphatic carbocycles. The van der Waals surface area contributed by atoms with E-state index < -0.39 is 61.0 Å². The van der Waals surface area contributed by atoms with E-state index in [-0.39, 0.29) is 13.0 Å². The molecule has 1 heterocycles. The van der Waals surface area contributed by atoms with Gasteiger partial charge in [-0.05, 0) is 19.9 Å². The molecular formula is C11H25N2O13P3. The number of carbonyl (C=O) groups excluding carboxylic acids is 1. The Bertz CT molecular complexity index is 691. The lowest BCUT2D eigenvalue weighted by Crippen LogP contribution is -2.42. The van der Waals surface area contributed by atoms with Crippen molar-refractivity contribution >= 4 is 29.4 Å². The van der Waals surface area contributed by atoms with Crippen LogP contribution in [0.4, 0.5) is 0 Å². The molecule has 1 rings (SSSR count). The maximum atomic E-state index is 11.7. The van der Waals surface area contributed by atoms with E-state index in [0.717, 1.165) is 0 Å². The second-order valence-electron chi connectivity index (χ2n) is 5.72. The van der Waals surface area contributed by atoms with Crippen molar-refractivity contribution < 1.29 is 60.7 Å². The average molecular weight is 486 g/mol. The van der Waals surface area contributed by atoms with E-state index in [0.29, 0.717) is 6.54 Å². The fraction of sp³-hybridized carbons (Fsp3) is 0.909. The molecule has 6 N–H and O–H groups in total. The van der Waals surface area contributed by atoms with E-state index >= 15 is 0 Å². The predicted molar refractivity (Wildman–Crippen MR) is 95.2 cm³/mol. The van der Waals surface area contributed by atoms with E-state index in [2.05, 4.69) is 28.3 Å². The van der Waals surface area contributed by atoms with Crippen LogP contribution in [0.2, 0.25) is 0 Å². The van der Waals surface area contributed by atoms with Crippen LogP contribution in [0.25, 0.3) is 0 Å². The fourth-order valence-electron chi connectivity index (χ4n) is 2.02. The summed E-state index contributed by atoms with van der Waals surface area (Å²) in [6, 6.07) is -0.644. The lowest BCUT2D eigenvalue weighted by Gasteiger charge is -2.20. The quantitative estimate of drug-likeness (QED) is 0.144. The van der Waals surface area contributed by atoms with Crippen LogP contribution in [0.15, 0.2) is 0 Å². The molecule has 1 fully saturated rings. The van der Waals surface area contributed by atoms with E-state index in [1.165, 1.54) is 6.92 Å². The van der Waals surface area contributed by atoms with Crippen LogP contribution in [-0.2, 0) is 40.9 Å². The number of hydrogen-bond acceptors (Lipinski definition) is 11. The standard InChI is InChI=1S/C11H25N2O13P3/c1-3-12-8(2)11(15)13-7-24-28(18,19)26-29(20,21)25-27(16,17)23-6-10-9(14)4-5-22-10/h8-10,12,14H,3-7H2,1-2H3,(H,13,15)(H,16,17)(H,18,19)(H,20,21). The van der Waals surface area contributed by atoms with E-state index in [9.17, 15) is 38.3 Å². The van der Waals surface area contributed by atoms with Gasteiger partial charge in [0.25, 0.3) is 0 Å². The number of ether oxygens (including phenoxy) is 1. The van der Waals surface area contributed by atoms with Gasteiger partial charge in [-0.1, -0.05) is 6.92 Å². The van der Waals surface area contributed by atoms with Crippen molar-refractivity contribution in [2.45, 2.75) is 38.5 Å². The Morgan fingerprint density at radius 2 is 1.72 bits per heavy atom. The molecule has 0 bridgehead atoms. The molecule has 29 heavy (non-hydrogen) atoms. The summed E-state index contributed by atoms with van der Waals surface area (Å²) in [5, 5.41) is 14.3. The van der Waals surface area contributed by atoms with Crippen LogP contribution in [0.5, 0.6) is 0 Å². The number of carbonyl (C=O) groups is 1. The van der Waals surface area contributed by atoms with Gasteiger partial charge in [0.15, 0.2) is 0 Å². The first kappa shape index (κ1) is 26.8. The zero-order valence-corrected chi connectivity index (χ0v) is 18.3. The molecule has 18 heteroatoms. The van der Waals surface area contributed by atoms with Gasteiger partial charge in [0, 0.05) is 6.61 Å². The van der Waals surface area contributed by atoms with Gasteiger partial charge in [-0.25, -0.2) is 13.7 Å². The predicted octanol–water partition coefficient (Wildman–Crippen LogP) is -0.425. The van der Waals surface area contributed by atoms with Crippen LogP contribution in [0.1, 0.15) is 20.3 Å². The zero-order chi connectivity index (χ0) is 22.3. The Kier molecular flexibility index (Phi) is 10.5. The molecule has 15 nitrogen and oxygen atoms in total. The third kappa shape index (κ3) is 10.6. The van der Waals surface area contributed by atoms with Crippen molar-refractivity contribution in [3.8, 4) is 0 Å². The summed E-state index contributed by atoms with van der Waals surface area (Å²) in [6.07, 6.45) is -1.66. The maximum absolute atomic E-state index is 11.7. The number of phosphoric acid groups is 3. The third-order valence-electron chi connectivity index (χ3n) is 3.37. The summed E-state index contributed by atoms with van der Waals surface area (Å²) >= 11 is 0. The highest BCUT2D eigenvalue weighted by Gasteiger charge is 2.43. The Morgan fingerprint density at radius 3 is 2.24 bits per heavy atom. The van der Waals surface area contributed by atoms with Crippen LogP contribution in [0, 0.1) is 0 Å². The van der Waals surface area contributed by atoms with Gasteiger partial charge >= 0.3 is 23.5 Å². The number of nitrogens with one attached hydrogen (secondary N) is 2. The molecule has 172 valence electrons. The van der Waals surface area contributed by atoms with Crippen molar-refractivity contribution in [2.24, 2.45) is 0 Å². The van der Waals surface area contributed by atoms with Gasteiger partial charge in [0.1, 0.15) is 12.8 Å². The molecule has 0 aromatic heterocycles. The van der Waals surface area contributed by atoms with Crippen LogP contribution in [-0.4, -0.2) is 70.4 Å². The number of aliphatic hydroxyl groups is 1. The van der Waals surface area contributed by atoms with Crippen LogP contribution >= 0.6 is 23.5 Å². The molecular weight excluding hydrogens is 461 g/mol. The molecule has 0 saturated carbocycles. The molecule has 1 saturated heterocycles. The Hall–Kier alpha value is -0.240. The summed E-state index contributed by atoms with van der Waals surface area (Å²) in [6.45, 7) is 2.41. The van der Waals surface area contributed by atoms with Gasteiger partial charge in [0.05, 0.1) is 18.8 Å². The lowest BCUT2D eigenvalue weighted by atomic mass is 10.2. The van der Waals surface area contributed by atoms with Crippen molar-refractivity contribution in [3.05, 3.63) is 0 Å². The molecule has 0 aromatic rings. The summed E-state index contributed by atoms with van der Waals surface area (Å²) < 4.78 is 56.5. The number of rotatable bonds is 13. The van der Waals surface area contributed by atoms with Gasteiger partial charge < -0.3 is 35.2 Å². The van der Waals surface area contributed by atoms with Crippen molar-refractivity contribution in [1.29, 1.82) is 0 Å². The highest BCUT2D eigenvalue weighted by Crippen LogP contribution is 2.67. The van der Waals surface area contributed by atoms with Gasteiger partial charge in [-0.3, -0.25) is 13.8 Å². The summed E-state index contributed by atoms with van der Waals surface area (Å²) in [5.74, 6) is -0.597. The largest absolute Gasteiger partial charge is 0.490 e. The highest BCUT2D eigenvalue weighted by molar-refractivity contribution is 7.66. The lowest BCUT2D eigenvalue weighted by molar-refractivity contribution is -0.123. The fourth-order valence-corrected chi connectivity index (χ4v) is 5.44. The average Bonchev–Trinajstić information content (AvgIpc) is 2.96. The van der Waals surface area contributed by atoms with Crippen LogP contribution in [0.3, 0.4) is 0 Å². The van der Waals surface area contributed by atoms with Crippen molar-refractivity contribution in [1.82, 2.24) is 10.6 Å². The molecule has 1 amide bonds. The molecule has 0 spiro atoms. The summed E-state index contributed by atoms with van der Waals surface area (Å²) in [7, 11) is -16.1. The van der Waals surface area contributed by atoms with Gasteiger partial charge in [-0.2, -0.15) is 8.62 Å². The molecule has 6 atom stereocenters. The summed E-state index contributed by atoms with van der Waals surface area (Å²) in [4.78, 5) is 39.8. The first-order valence-electron chi connectivity index (χ1n) is 8.28. The highest BCUT2D eigenvalue weighted by atomic mass is 31.3. The smallest absolute Gasteiger partial charge is 0.390 e. The topological polar surface area (TPSA) is 219 Å². The van der Waals surface area contributed by atoms with Gasteiger partial charge in [0.2, 0.25) is 5.91 Å². The first-order valence-corrected chi connectivity index (χ1v) is 12.8. The number of amides is 1. The second kappa shape index (κ2) is 11.4. The van der Waals surface area contributed by atoms with E-state index in [1.54, 1.807) is 6.92 Å². The Balaban J connectivity index is 2.49. The zero-order valence-electron chi connectivity index (χ0n) is 15.6. The minimum Gasteiger partial charge on any atom is -0.390 e. The maximum Gasteiger partial charge on any atom is 0.490 e. The van der Waals surface area contributed by atoms with Crippen LogP contribution < -0.4 is 10.6 Å². The second-order valence-corrected chi connectivity index (χ2v) is 10.4. The first-order chi connectivity index (χ1) is 13.3. The number of hydrogen-bond donors (Lipinski definition) is 6. The molecule has 1 aliphatic heterocycles. The molecule has 1 aliphatic rings. The minimum absolute atomic E-state index is 0.183. The SMILES string of the molecule is CCNC(C)C(=O)NCOP(=O)(O)OP(=O)(O)OP(=O)(O)OCC1OCCC1O. The monoisotopic (exact) mass is 486 g/mol. The molecule has 0 aromatic carbocycles. The minimum atomic E-state index is -5.61. The molecule has 6 unspecified atom stereocenters. The number of phosphoric ester groups is 2. The normalized spacial score (nSPS) is 26.8. The van der Waals surface area contributed by atoms with Crippen molar-refractivity contribution in [3.63, 3.8) is 0 Å². The molecule has 0 radical (unpaired) electrons. The third-order valence-corrected chi connectivity index (χ3v) is 7.60. The van der Waals surface area contributed by atoms with E-state index in [1.807, 2.05) is 0 Å².